The first-order valence-electron chi connectivity index (χ1n) is 9.82. The van der Waals surface area contributed by atoms with Crippen molar-refractivity contribution in [1.82, 2.24) is 15.3 Å². The number of anilines is 2. The van der Waals surface area contributed by atoms with Gasteiger partial charge in [0.2, 0.25) is 0 Å². The molecule has 2 saturated heterocycles. The third kappa shape index (κ3) is 2.02. The Morgan fingerprint density at radius 2 is 1.96 bits per heavy atom. The third-order valence-corrected chi connectivity index (χ3v) is 6.95. The molecular weight excluding hydrogens is 338 g/mol. The van der Waals surface area contributed by atoms with E-state index in [1.54, 1.807) is 0 Å². The maximum atomic E-state index is 13.4. The number of pyridine rings is 1. The maximum Gasteiger partial charge on any atom is 0.252 e. The lowest BCUT2D eigenvalue weighted by atomic mass is 9.74. The van der Waals surface area contributed by atoms with E-state index in [0.717, 1.165) is 43.7 Å². The molecule has 2 atom stereocenters. The van der Waals surface area contributed by atoms with Crippen LogP contribution in [0.25, 0.3) is 0 Å². The predicted octanol–water partition coefficient (Wildman–Crippen LogP) is 1.85. The molecule has 4 aliphatic rings. The predicted molar refractivity (Wildman–Crippen MR) is 103 cm³/mol. The van der Waals surface area contributed by atoms with Crippen molar-refractivity contribution in [3.8, 4) is 0 Å². The molecule has 1 aromatic heterocycles. The number of para-hydroxylation sites is 1. The van der Waals surface area contributed by atoms with Crippen LogP contribution in [0.4, 0.5) is 11.5 Å². The number of hydrogen-bond donors (Lipinski definition) is 2. The number of nitrogens with one attached hydrogen (secondary N) is 1. The number of carbonyl (C=O) groups excluding carboxylic acids is 1. The van der Waals surface area contributed by atoms with Crippen molar-refractivity contribution in [2.75, 3.05) is 30.4 Å². The molecule has 1 aromatic carbocycles. The highest BCUT2D eigenvalue weighted by atomic mass is 16.2. The molecule has 6 heteroatoms. The lowest BCUT2D eigenvalue weighted by molar-refractivity contribution is -0.129. The molecule has 2 unspecified atom stereocenters. The molecule has 0 radical (unpaired) electrons. The first-order valence-corrected chi connectivity index (χ1v) is 9.82. The van der Waals surface area contributed by atoms with Crippen LogP contribution in [0.2, 0.25) is 0 Å². The topological polar surface area (TPSA) is 74.5 Å². The number of carbonyl (C=O) groups is 1. The van der Waals surface area contributed by atoms with Gasteiger partial charge in [0, 0.05) is 18.7 Å². The minimum absolute atomic E-state index is 0.177. The second-order valence-electron chi connectivity index (χ2n) is 8.38. The van der Waals surface area contributed by atoms with Crippen LogP contribution >= 0.6 is 0 Å². The van der Waals surface area contributed by atoms with Gasteiger partial charge in [0.1, 0.15) is 5.82 Å². The number of nitrogen functional groups attached to an aromatic ring is 1. The molecule has 3 fully saturated rings. The van der Waals surface area contributed by atoms with Crippen LogP contribution in [0.3, 0.4) is 0 Å². The molecule has 3 N–H and O–H groups in total. The number of amides is 1. The molecule has 1 aliphatic carbocycles. The molecule has 0 bridgehead atoms. The van der Waals surface area contributed by atoms with Gasteiger partial charge in [-0.05, 0) is 55.1 Å². The van der Waals surface area contributed by atoms with Crippen molar-refractivity contribution in [1.29, 1.82) is 0 Å². The monoisotopic (exact) mass is 361 g/mol. The van der Waals surface area contributed by atoms with E-state index < -0.39 is 0 Å². The third-order valence-electron chi connectivity index (χ3n) is 6.95. The van der Waals surface area contributed by atoms with Crippen molar-refractivity contribution in [3.05, 3.63) is 53.7 Å². The van der Waals surface area contributed by atoms with Gasteiger partial charge in [-0.25, -0.2) is 15.0 Å². The Morgan fingerprint density at radius 1 is 1.15 bits per heavy atom. The zero-order valence-electron chi connectivity index (χ0n) is 15.1. The van der Waals surface area contributed by atoms with Crippen molar-refractivity contribution in [3.63, 3.8) is 0 Å². The Labute approximate surface area is 158 Å². The van der Waals surface area contributed by atoms with Gasteiger partial charge in [-0.2, -0.15) is 0 Å². The Balaban J connectivity index is 1.40. The summed E-state index contributed by atoms with van der Waals surface area (Å²) in [4.78, 5) is 17.7. The first kappa shape index (κ1) is 15.6. The van der Waals surface area contributed by atoms with E-state index in [2.05, 4.69) is 39.6 Å². The Kier molecular flexibility index (Phi) is 3.06. The minimum Gasteiger partial charge on any atom is -0.384 e. The van der Waals surface area contributed by atoms with Gasteiger partial charge < -0.3 is 11.1 Å². The van der Waals surface area contributed by atoms with Crippen LogP contribution in [0.5, 0.6) is 0 Å². The molecule has 2 aromatic rings. The van der Waals surface area contributed by atoms with E-state index in [4.69, 9.17) is 5.73 Å². The molecular formula is C21H23N5O. The van der Waals surface area contributed by atoms with Crippen LogP contribution in [-0.4, -0.2) is 35.5 Å². The summed E-state index contributed by atoms with van der Waals surface area (Å²) in [5.41, 5.74) is 8.97. The van der Waals surface area contributed by atoms with Crippen molar-refractivity contribution in [2.45, 2.75) is 24.3 Å². The van der Waals surface area contributed by atoms with Crippen molar-refractivity contribution in [2.24, 2.45) is 11.8 Å². The average Bonchev–Trinajstić information content (AvgIpc) is 3.38. The van der Waals surface area contributed by atoms with Gasteiger partial charge in [0.05, 0.1) is 17.1 Å². The molecule has 6 nitrogen and oxygen atoms in total. The van der Waals surface area contributed by atoms with E-state index in [9.17, 15) is 4.79 Å². The summed E-state index contributed by atoms with van der Waals surface area (Å²) >= 11 is 0. The minimum atomic E-state index is -0.260. The Hall–Kier alpha value is -2.44. The van der Waals surface area contributed by atoms with Gasteiger partial charge in [0.25, 0.3) is 5.91 Å². The highest BCUT2D eigenvalue weighted by Gasteiger charge is 2.62. The van der Waals surface area contributed by atoms with E-state index in [1.165, 1.54) is 5.56 Å². The highest BCUT2D eigenvalue weighted by Crippen LogP contribution is 2.59. The van der Waals surface area contributed by atoms with Gasteiger partial charge in [0.15, 0.2) is 0 Å². The fourth-order valence-electron chi connectivity index (χ4n) is 5.10. The number of hydrazine groups is 1. The lowest BCUT2D eigenvalue weighted by Crippen LogP contribution is -2.65. The summed E-state index contributed by atoms with van der Waals surface area (Å²) in [6, 6.07) is 12.4. The smallest absolute Gasteiger partial charge is 0.252 e. The lowest BCUT2D eigenvalue weighted by Gasteiger charge is -2.56. The molecule has 1 saturated carbocycles. The summed E-state index contributed by atoms with van der Waals surface area (Å²) in [6.45, 7) is 3.04. The van der Waals surface area contributed by atoms with Gasteiger partial charge in [-0.1, -0.05) is 24.3 Å². The average molecular weight is 361 g/mol. The summed E-state index contributed by atoms with van der Waals surface area (Å²) in [7, 11) is 0. The van der Waals surface area contributed by atoms with Crippen LogP contribution in [-0.2, 0) is 10.2 Å². The number of aromatic nitrogens is 1. The SMILES string of the molecule is Nc1ccc(C2C(C3CNC3)CN2N2C(=O)C3(CC3)c3ccccc32)cn1. The molecule has 138 valence electrons. The zero-order valence-corrected chi connectivity index (χ0v) is 15.1. The molecule has 3 aliphatic heterocycles. The van der Waals surface area contributed by atoms with E-state index in [0.29, 0.717) is 17.7 Å². The quantitative estimate of drug-likeness (QED) is 0.873. The summed E-state index contributed by atoms with van der Waals surface area (Å²) < 4.78 is 0. The second kappa shape index (κ2) is 5.30. The standard InChI is InChI=1S/C21H23N5O/c22-18-6-5-13(11-24-18)19-15(14-9-23-10-14)12-25(19)26-17-4-2-1-3-16(17)21(7-8-21)20(26)27/h1-6,11,14-15,19,23H,7-10,12H2,(H2,22,24). The largest absolute Gasteiger partial charge is 0.384 e. The maximum absolute atomic E-state index is 13.4. The second-order valence-corrected chi connectivity index (χ2v) is 8.38. The number of nitrogens with zero attached hydrogens (tertiary/aromatic N) is 3. The van der Waals surface area contributed by atoms with Crippen LogP contribution < -0.4 is 16.1 Å². The molecule has 6 rings (SSSR count). The molecule has 1 spiro atoms. The normalized spacial score (nSPS) is 28.7. The van der Waals surface area contributed by atoms with Gasteiger partial charge in [-0.3, -0.25) is 4.79 Å². The molecule has 1 amide bonds. The van der Waals surface area contributed by atoms with Crippen molar-refractivity contribution >= 4 is 17.4 Å². The Bertz CT molecular complexity index is 918. The summed E-state index contributed by atoms with van der Waals surface area (Å²) in [6.07, 6.45) is 3.82. The molecule has 4 heterocycles. The van der Waals surface area contributed by atoms with E-state index in [-0.39, 0.29) is 17.4 Å². The van der Waals surface area contributed by atoms with E-state index >= 15 is 0 Å². The van der Waals surface area contributed by atoms with Crippen LogP contribution in [0, 0.1) is 11.8 Å². The Morgan fingerprint density at radius 3 is 2.63 bits per heavy atom. The van der Waals surface area contributed by atoms with E-state index in [1.807, 2.05) is 23.3 Å². The fraction of sp³-hybridized carbons (Fsp3) is 0.429. The highest BCUT2D eigenvalue weighted by molar-refractivity contribution is 6.09. The number of fused-ring (bicyclic) bond motifs is 2. The van der Waals surface area contributed by atoms with Crippen LogP contribution in [0.15, 0.2) is 42.6 Å². The number of hydrogen-bond acceptors (Lipinski definition) is 5. The van der Waals surface area contributed by atoms with Gasteiger partial charge >= 0.3 is 0 Å². The molecule has 27 heavy (non-hydrogen) atoms. The number of benzene rings is 1. The first-order chi connectivity index (χ1) is 13.2. The zero-order chi connectivity index (χ0) is 18.2. The van der Waals surface area contributed by atoms with Crippen LogP contribution in [0.1, 0.15) is 30.0 Å². The van der Waals surface area contributed by atoms with Gasteiger partial charge in [-0.15, -0.1) is 0 Å². The number of nitrogens with two attached hydrogens (primary N) is 1. The summed E-state index contributed by atoms with van der Waals surface area (Å²) in [5, 5.41) is 7.64. The van der Waals surface area contributed by atoms with Crippen molar-refractivity contribution < 1.29 is 4.79 Å². The summed E-state index contributed by atoms with van der Waals surface area (Å²) in [5.74, 6) is 1.98. The number of rotatable bonds is 3. The fourth-order valence-corrected chi connectivity index (χ4v) is 5.10.